The van der Waals surface area contributed by atoms with Crippen LogP contribution in [-0.4, -0.2) is 16.5 Å². The second-order valence-corrected chi connectivity index (χ2v) is 5.44. The van der Waals surface area contributed by atoms with E-state index in [4.69, 9.17) is 0 Å². The van der Waals surface area contributed by atoms with Crippen molar-refractivity contribution < 1.29 is 0 Å². The SMILES string of the molecule is CCCCNc1cc(Nc2ccccc2C(C)C)ncn1. The molecule has 1 aromatic heterocycles. The van der Waals surface area contributed by atoms with Gasteiger partial charge in [-0.25, -0.2) is 9.97 Å². The lowest BCUT2D eigenvalue weighted by molar-refractivity contribution is 0.830. The predicted octanol–water partition coefficient (Wildman–Crippen LogP) is 4.56. The lowest BCUT2D eigenvalue weighted by Gasteiger charge is -2.14. The second-order valence-electron chi connectivity index (χ2n) is 5.44. The van der Waals surface area contributed by atoms with Crippen molar-refractivity contribution in [3.63, 3.8) is 0 Å². The standard InChI is InChI=1S/C17H24N4/c1-4-5-10-18-16-11-17(20-12-19-16)21-15-9-7-6-8-14(15)13(2)3/h6-9,11-13H,4-5,10H2,1-3H3,(H2,18,19,20,21). The number of hydrogen-bond acceptors (Lipinski definition) is 4. The fourth-order valence-electron chi connectivity index (χ4n) is 2.17. The zero-order chi connectivity index (χ0) is 15.1. The summed E-state index contributed by atoms with van der Waals surface area (Å²) in [5, 5.41) is 6.71. The minimum absolute atomic E-state index is 0.470. The molecule has 0 fully saturated rings. The maximum atomic E-state index is 4.30. The van der Waals surface area contributed by atoms with Gasteiger partial charge in [-0.3, -0.25) is 0 Å². The minimum Gasteiger partial charge on any atom is -0.370 e. The molecule has 0 bridgehead atoms. The molecule has 0 saturated carbocycles. The molecule has 0 unspecified atom stereocenters. The van der Waals surface area contributed by atoms with Crippen molar-refractivity contribution in [2.75, 3.05) is 17.2 Å². The third-order valence-corrected chi connectivity index (χ3v) is 3.35. The number of aromatic nitrogens is 2. The first-order valence-corrected chi connectivity index (χ1v) is 7.62. The van der Waals surface area contributed by atoms with Crippen LogP contribution in [0.5, 0.6) is 0 Å². The van der Waals surface area contributed by atoms with E-state index in [0.29, 0.717) is 5.92 Å². The molecule has 2 N–H and O–H groups in total. The summed E-state index contributed by atoms with van der Waals surface area (Å²) in [6.07, 6.45) is 3.91. The van der Waals surface area contributed by atoms with Crippen LogP contribution in [-0.2, 0) is 0 Å². The highest BCUT2D eigenvalue weighted by molar-refractivity contribution is 5.63. The molecule has 0 aliphatic heterocycles. The van der Waals surface area contributed by atoms with Crippen LogP contribution in [0, 0.1) is 0 Å². The molecule has 0 spiro atoms. The van der Waals surface area contributed by atoms with E-state index in [1.165, 1.54) is 12.0 Å². The summed E-state index contributed by atoms with van der Waals surface area (Å²) >= 11 is 0. The van der Waals surface area contributed by atoms with Gasteiger partial charge >= 0.3 is 0 Å². The molecule has 21 heavy (non-hydrogen) atoms. The maximum absolute atomic E-state index is 4.30. The number of rotatable bonds is 7. The predicted molar refractivity (Wildman–Crippen MR) is 89.2 cm³/mol. The van der Waals surface area contributed by atoms with Crippen LogP contribution in [0.4, 0.5) is 17.3 Å². The Morgan fingerprint density at radius 3 is 2.62 bits per heavy atom. The first kappa shape index (κ1) is 15.3. The van der Waals surface area contributed by atoms with Crippen LogP contribution in [0.15, 0.2) is 36.7 Å². The van der Waals surface area contributed by atoms with E-state index in [-0.39, 0.29) is 0 Å². The normalized spacial score (nSPS) is 10.7. The monoisotopic (exact) mass is 284 g/mol. The smallest absolute Gasteiger partial charge is 0.135 e. The van der Waals surface area contributed by atoms with Gasteiger partial charge in [-0.1, -0.05) is 45.4 Å². The molecule has 0 aliphatic rings. The summed E-state index contributed by atoms with van der Waals surface area (Å²) in [4.78, 5) is 8.55. The van der Waals surface area contributed by atoms with Gasteiger partial charge in [-0.15, -0.1) is 0 Å². The average Bonchev–Trinajstić information content (AvgIpc) is 2.48. The van der Waals surface area contributed by atoms with E-state index in [2.05, 4.69) is 59.6 Å². The topological polar surface area (TPSA) is 49.8 Å². The zero-order valence-corrected chi connectivity index (χ0v) is 13.1. The van der Waals surface area contributed by atoms with Crippen LogP contribution >= 0.6 is 0 Å². The molecule has 4 nitrogen and oxygen atoms in total. The zero-order valence-electron chi connectivity index (χ0n) is 13.1. The first-order valence-electron chi connectivity index (χ1n) is 7.62. The molecular formula is C17H24N4. The molecule has 0 amide bonds. The van der Waals surface area contributed by atoms with Gasteiger partial charge in [0.15, 0.2) is 0 Å². The van der Waals surface area contributed by atoms with E-state index in [0.717, 1.165) is 30.3 Å². The Kier molecular flexibility index (Phi) is 5.55. The molecule has 0 saturated heterocycles. The van der Waals surface area contributed by atoms with E-state index in [1.54, 1.807) is 6.33 Å². The van der Waals surface area contributed by atoms with Gasteiger partial charge in [0.2, 0.25) is 0 Å². The van der Waals surface area contributed by atoms with Crippen molar-refractivity contribution in [3.05, 3.63) is 42.2 Å². The van der Waals surface area contributed by atoms with Gasteiger partial charge in [0.25, 0.3) is 0 Å². The maximum Gasteiger partial charge on any atom is 0.135 e. The van der Waals surface area contributed by atoms with E-state index in [1.807, 2.05) is 12.1 Å². The summed E-state index contributed by atoms with van der Waals surface area (Å²) in [5.41, 5.74) is 2.39. The van der Waals surface area contributed by atoms with Crippen molar-refractivity contribution in [3.8, 4) is 0 Å². The summed E-state index contributed by atoms with van der Waals surface area (Å²) in [7, 11) is 0. The molecule has 2 aromatic rings. The molecule has 0 atom stereocenters. The summed E-state index contributed by atoms with van der Waals surface area (Å²) in [6.45, 7) is 7.50. The summed E-state index contributed by atoms with van der Waals surface area (Å²) < 4.78 is 0. The van der Waals surface area contributed by atoms with Gasteiger partial charge < -0.3 is 10.6 Å². The molecular weight excluding hydrogens is 260 g/mol. The quantitative estimate of drug-likeness (QED) is 0.732. The molecule has 2 rings (SSSR count). The van der Waals surface area contributed by atoms with Crippen molar-refractivity contribution in [2.45, 2.75) is 39.5 Å². The van der Waals surface area contributed by atoms with Gasteiger partial charge in [0.1, 0.15) is 18.0 Å². The Labute approximate surface area is 127 Å². The highest BCUT2D eigenvalue weighted by atomic mass is 15.1. The van der Waals surface area contributed by atoms with Crippen LogP contribution in [0.3, 0.4) is 0 Å². The highest BCUT2D eigenvalue weighted by Gasteiger charge is 2.07. The number of nitrogens with zero attached hydrogens (tertiary/aromatic N) is 2. The molecule has 1 aromatic carbocycles. The van der Waals surface area contributed by atoms with E-state index in [9.17, 15) is 0 Å². The molecule has 4 heteroatoms. The summed E-state index contributed by atoms with van der Waals surface area (Å²) in [6, 6.07) is 10.3. The average molecular weight is 284 g/mol. The lowest BCUT2D eigenvalue weighted by Crippen LogP contribution is -2.05. The van der Waals surface area contributed by atoms with Crippen molar-refractivity contribution in [1.82, 2.24) is 9.97 Å². The molecule has 112 valence electrons. The number of para-hydroxylation sites is 1. The molecule has 0 aliphatic carbocycles. The van der Waals surface area contributed by atoms with Crippen LogP contribution in [0.2, 0.25) is 0 Å². The van der Waals surface area contributed by atoms with Gasteiger partial charge in [0.05, 0.1) is 0 Å². The fourth-order valence-corrected chi connectivity index (χ4v) is 2.17. The van der Waals surface area contributed by atoms with Crippen LogP contribution in [0.25, 0.3) is 0 Å². The van der Waals surface area contributed by atoms with Gasteiger partial charge in [-0.2, -0.15) is 0 Å². The van der Waals surface area contributed by atoms with Crippen LogP contribution < -0.4 is 10.6 Å². The Morgan fingerprint density at radius 1 is 1.10 bits per heavy atom. The Hall–Kier alpha value is -2.10. The van der Waals surface area contributed by atoms with E-state index < -0.39 is 0 Å². The Morgan fingerprint density at radius 2 is 1.86 bits per heavy atom. The number of unbranched alkanes of at least 4 members (excludes halogenated alkanes) is 1. The number of benzene rings is 1. The third-order valence-electron chi connectivity index (χ3n) is 3.35. The number of nitrogens with one attached hydrogen (secondary N) is 2. The van der Waals surface area contributed by atoms with E-state index >= 15 is 0 Å². The number of anilines is 3. The molecule has 1 heterocycles. The first-order chi connectivity index (χ1) is 10.2. The van der Waals surface area contributed by atoms with Gasteiger partial charge in [-0.05, 0) is 24.0 Å². The fraction of sp³-hybridized carbons (Fsp3) is 0.412. The van der Waals surface area contributed by atoms with Crippen molar-refractivity contribution in [1.29, 1.82) is 0 Å². The lowest BCUT2D eigenvalue weighted by atomic mass is 10.0. The van der Waals surface area contributed by atoms with Gasteiger partial charge in [0, 0.05) is 18.3 Å². The largest absolute Gasteiger partial charge is 0.370 e. The summed E-state index contributed by atoms with van der Waals surface area (Å²) in [5.74, 6) is 2.15. The Balaban J connectivity index is 2.11. The highest BCUT2D eigenvalue weighted by Crippen LogP contribution is 2.26. The second kappa shape index (κ2) is 7.62. The minimum atomic E-state index is 0.470. The van der Waals surface area contributed by atoms with Crippen molar-refractivity contribution >= 4 is 17.3 Å². The Bertz CT molecular complexity index is 566. The third kappa shape index (κ3) is 4.45. The van der Waals surface area contributed by atoms with Crippen LogP contribution in [0.1, 0.15) is 45.1 Å². The number of hydrogen-bond donors (Lipinski definition) is 2. The molecule has 0 radical (unpaired) electrons. The van der Waals surface area contributed by atoms with Crippen molar-refractivity contribution in [2.24, 2.45) is 0 Å².